The molecule has 2 aliphatic rings. The second-order valence-electron chi connectivity index (χ2n) is 6.88. The second-order valence-corrected chi connectivity index (χ2v) is 8.84. The monoisotopic (exact) mass is 399 g/mol. The minimum atomic E-state index is -0.524. The zero-order chi connectivity index (χ0) is 19.0. The fourth-order valence-electron chi connectivity index (χ4n) is 4.10. The number of esters is 1. The molecule has 0 radical (unpaired) electrons. The Balaban J connectivity index is 1.78. The van der Waals surface area contributed by atoms with Gasteiger partial charge >= 0.3 is 5.97 Å². The molecule has 0 aromatic carbocycles. The molecule has 6 heteroatoms. The van der Waals surface area contributed by atoms with Crippen LogP contribution in [-0.2, 0) is 14.3 Å². The Morgan fingerprint density at radius 2 is 1.89 bits per heavy atom. The average molecular weight is 400 g/mol. The van der Waals surface area contributed by atoms with Crippen LogP contribution in [0, 0.1) is 5.92 Å². The van der Waals surface area contributed by atoms with Crippen molar-refractivity contribution in [2.75, 3.05) is 6.61 Å². The van der Waals surface area contributed by atoms with Crippen molar-refractivity contribution < 1.29 is 14.3 Å². The van der Waals surface area contributed by atoms with Gasteiger partial charge in [0.2, 0.25) is 0 Å². The maximum absolute atomic E-state index is 13.2. The van der Waals surface area contributed by atoms with Crippen LogP contribution in [0.4, 0.5) is 0 Å². The van der Waals surface area contributed by atoms with E-state index in [1.807, 2.05) is 35.9 Å². The second kappa shape index (κ2) is 7.52. The van der Waals surface area contributed by atoms with Gasteiger partial charge in [-0.2, -0.15) is 0 Å². The van der Waals surface area contributed by atoms with Crippen molar-refractivity contribution in [1.29, 1.82) is 0 Å². The predicted molar refractivity (Wildman–Crippen MR) is 109 cm³/mol. The zero-order valence-corrected chi connectivity index (χ0v) is 16.9. The van der Waals surface area contributed by atoms with Crippen molar-refractivity contribution in [3.05, 3.63) is 56.1 Å². The van der Waals surface area contributed by atoms with E-state index in [0.717, 1.165) is 22.7 Å². The molecule has 3 atom stereocenters. The number of nitrogens with zero attached hydrogens (tertiary/aromatic N) is 1. The van der Waals surface area contributed by atoms with E-state index in [9.17, 15) is 9.59 Å². The number of ether oxygens (including phenoxy) is 1. The maximum Gasteiger partial charge on any atom is 0.315 e. The lowest BCUT2D eigenvalue weighted by Crippen LogP contribution is -2.37. The number of hydrogen-bond acceptors (Lipinski definition) is 6. The van der Waals surface area contributed by atoms with E-state index in [0.29, 0.717) is 18.6 Å². The summed E-state index contributed by atoms with van der Waals surface area (Å²) in [5.41, 5.74) is 2.31. The number of carbonyl (C=O) groups is 2. The topological polar surface area (TPSA) is 55.7 Å². The van der Waals surface area contributed by atoms with E-state index in [-0.39, 0.29) is 23.6 Å². The van der Waals surface area contributed by atoms with Crippen LogP contribution in [0.15, 0.2) is 51.3 Å². The van der Waals surface area contributed by atoms with E-state index in [1.54, 1.807) is 29.6 Å². The summed E-state index contributed by atoms with van der Waals surface area (Å²) < 4.78 is 5.33. The first-order chi connectivity index (χ1) is 13.1. The quantitative estimate of drug-likeness (QED) is 0.684. The summed E-state index contributed by atoms with van der Waals surface area (Å²) in [6, 6.07) is 8.08. The lowest BCUT2D eigenvalue weighted by atomic mass is 9.72. The third kappa shape index (κ3) is 3.32. The Labute approximate surface area is 166 Å². The number of ketones is 1. The van der Waals surface area contributed by atoms with E-state index in [1.165, 1.54) is 4.88 Å². The summed E-state index contributed by atoms with van der Waals surface area (Å²) in [6.07, 6.45) is 1.22. The van der Waals surface area contributed by atoms with Crippen molar-refractivity contribution >= 4 is 40.1 Å². The molecule has 1 aliphatic heterocycles. The van der Waals surface area contributed by atoms with Gasteiger partial charge in [-0.05, 0) is 43.2 Å². The van der Waals surface area contributed by atoms with Crippen LogP contribution in [-0.4, -0.2) is 24.1 Å². The summed E-state index contributed by atoms with van der Waals surface area (Å²) in [5.74, 6) is -0.815. The maximum atomic E-state index is 13.2. The summed E-state index contributed by atoms with van der Waals surface area (Å²) in [6.45, 7) is 4.00. The van der Waals surface area contributed by atoms with Gasteiger partial charge in [0, 0.05) is 45.0 Å². The molecule has 1 aliphatic carbocycles. The van der Waals surface area contributed by atoms with Crippen molar-refractivity contribution in [3.8, 4) is 0 Å². The van der Waals surface area contributed by atoms with E-state index in [4.69, 9.17) is 9.73 Å². The van der Waals surface area contributed by atoms with Crippen molar-refractivity contribution in [2.24, 2.45) is 10.9 Å². The summed E-state index contributed by atoms with van der Waals surface area (Å²) in [7, 11) is 0. The molecule has 0 fully saturated rings. The highest BCUT2D eigenvalue weighted by atomic mass is 32.1. The third-order valence-electron chi connectivity index (χ3n) is 5.22. The van der Waals surface area contributed by atoms with Gasteiger partial charge in [0.15, 0.2) is 5.78 Å². The lowest BCUT2D eigenvalue weighted by Gasteiger charge is -2.35. The number of allylic oxidation sites excluding steroid dienone is 2. The van der Waals surface area contributed by atoms with Gasteiger partial charge in [-0.25, -0.2) is 0 Å². The minimum absolute atomic E-state index is 0.110. The predicted octanol–water partition coefficient (Wildman–Crippen LogP) is 4.95. The van der Waals surface area contributed by atoms with Gasteiger partial charge in [0.05, 0.1) is 6.61 Å². The Morgan fingerprint density at radius 3 is 2.52 bits per heavy atom. The first kappa shape index (κ1) is 18.3. The third-order valence-corrected chi connectivity index (χ3v) is 7.21. The fourth-order valence-corrected chi connectivity index (χ4v) is 5.80. The van der Waals surface area contributed by atoms with Crippen LogP contribution in [0.25, 0.3) is 0 Å². The minimum Gasteiger partial charge on any atom is -0.465 e. The molecule has 0 amide bonds. The molecule has 1 unspecified atom stereocenters. The number of Topliss-reactive ketones (excluding diaryl/α,β-unsaturated/α-hetero) is 1. The molecule has 2 aromatic heterocycles. The van der Waals surface area contributed by atoms with Crippen molar-refractivity contribution in [3.63, 3.8) is 0 Å². The lowest BCUT2D eigenvalue weighted by molar-refractivity contribution is -0.146. The van der Waals surface area contributed by atoms with E-state index < -0.39 is 5.92 Å². The average Bonchev–Trinajstić information content (AvgIpc) is 3.34. The van der Waals surface area contributed by atoms with Gasteiger partial charge in [0.1, 0.15) is 5.92 Å². The molecular formula is C21H21NO3S2. The molecule has 2 aromatic rings. The zero-order valence-electron chi connectivity index (χ0n) is 15.3. The first-order valence-corrected chi connectivity index (χ1v) is 10.9. The molecule has 0 saturated heterocycles. The summed E-state index contributed by atoms with van der Waals surface area (Å²) in [5, 5.41) is 4.03. The Kier molecular flexibility index (Phi) is 5.10. The molecule has 0 spiro atoms. The molecule has 0 bridgehead atoms. The first-order valence-electron chi connectivity index (χ1n) is 9.15. The van der Waals surface area contributed by atoms with Gasteiger partial charge < -0.3 is 4.74 Å². The number of carbonyl (C=O) groups excluding carboxylic acids is 2. The van der Waals surface area contributed by atoms with Crippen LogP contribution in [0.1, 0.15) is 48.3 Å². The molecule has 27 heavy (non-hydrogen) atoms. The van der Waals surface area contributed by atoms with Crippen LogP contribution in [0.3, 0.4) is 0 Å². The molecule has 4 rings (SSSR count). The number of hydrogen-bond donors (Lipinski definition) is 0. The fraction of sp³-hybridized carbons (Fsp3) is 0.381. The Bertz CT molecular complexity index is 909. The van der Waals surface area contributed by atoms with E-state index in [2.05, 4.69) is 6.07 Å². The molecule has 3 heterocycles. The highest BCUT2D eigenvalue weighted by molar-refractivity contribution is 7.10. The van der Waals surface area contributed by atoms with Crippen molar-refractivity contribution in [2.45, 2.75) is 38.5 Å². The number of thiophene rings is 2. The van der Waals surface area contributed by atoms with Crippen LogP contribution in [0.2, 0.25) is 0 Å². The Morgan fingerprint density at radius 1 is 1.19 bits per heavy atom. The molecule has 0 saturated carbocycles. The SMILES string of the molecule is CCOC(=O)C1C(C)=NC2=C(C(=O)C[C@H](c3cccs3)C2)[C@@H]1c1cccs1. The molecular weight excluding hydrogens is 378 g/mol. The standard InChI is InChI=1S/C21H21NO3S2/c1-3-25-21(24)18-12(2)22-14-10-13(16-6-4-8-26-16)11-15(23)19(14)20(18)17-7-5-9-27-17/h4-9,13,18,20H,3,10-11H2,1-2H3/t13-,18?,20-/m1/s1. The number of rotatable bonds is 4. The number of aliphatic imine (C=N–C) groups is 1. The van der Waals surface area contributed by atoms with Gasteiger partial charge in [-0.1, -0.05) is 12.1 Å². The Hall–Kier alpha value is -2.05. The largest absolute Gasteiger partial charge is 0.465 e. The van der Waals surface area contributed by atoms with Crippen LogP contribution in [0.5, 0.6) is 0 Å². The highest BCUT2D eigenvalue weighted by Gasteiger charge is 2.45. The van der Waals surface area contributed by atoms with Crippen molar-refractivity contribution in [1.82, 2.24) is 0 Å². The smallest absolute Gasteiger partial charge is 0.315 e. The molecule has 4 nitrogen and oxygen atoms in total. The van der Waals surface area contributed by atoms with Gasteiger partial charge in [-0.3, -0.25) is 14.6 Å². The normalized spacial score (nSPS) is 25.2. The van der Waals surface area contributed by atoms with Gasteiger partial charge in [-0.15, -0.1) is 22.7 Å². The highest BCUT2D eigenvalue weighted by Crippen LogP contribution is 2.48. The van der Waals surface area contributed by atoms with Crippen LogP contribution >= 0.6 is 22.7 Å². The van der Waals surface area contributed by atoms with Crippen LogP contribution < -0.4 is 0 Å². The summed E-state index contributed by atoms with van der Waals surface area (Å²) >= 11 is 3.27. The molecule has 0 N–H and O–H groups in total. The van der Waals surface area contributed by atoms with Gasteiger partial charge in [0.25, 0.3) is 0 Å². The van der Waals surface area contributed by atoms with E-state index >= 15 is 0 Å². The summed E-state index contributed by atoms with van der Waals surface area (Å²) in [4.78, 5) is 32.9. The molecule has 140 valence electrons.